The van der Waals surface area contributed by atoms with Gasteiger partial charge in [0.15, 0.2) is 0 Å². The molecule has 0 unspecified atom stereocenters. The lowest BCUT2D eigenvalue weighted by Gasteiger charge is -2.36. The van der Waals surface area contributed by atoms with Crippen molar-refractivity contribution in [1.29, 1.82) is 5.26 Å². The Morgan fingerprint density at radius 3 is 2.26 bits per heavy atom. The Balaban J connectivity index is 1.90. The number of thioether (sulfide) groups is 1. The normalized spacial score (nSPS) is 19.0. The molecule has 19 heavy (non-hydrogen) atoms. The van der Waals surface area contributed by atoms with Gasteiger partial charge in [0.05, 0.1) is 6.07 Å². The molecule has 0 saturated carbocycles. The lowest BCUT2D eigenvalue weighted by molar-refractivity contribution is 0.209. The van der Waals surface area contributed by atoms with Gasteiger partial charge in [-0.2, -0.15) is 5.26 Å². The average molecular weight is 274 g/mol. The van der Waals surface area contributed by atoms with Crippen LogP contribution in [0.1, 0.15) is 30.9 Å². The molecule has 102 valence electrons. The average Bonchev–Trinajstić information content (AvgIpc) is 2.49. The van der Waals surface area contributed by atoms with Crippen molar-refractivity contribution >= 4 is 11.8 Å². The first-order valence-electron chi connectivity index (χ1n) is 6.98. The summed E-state index contributed by atoms with van der Waals surface area (Å²) in [5.74, 6) is 0. The van der Waals surface area contributed by atoms with Crippen LogP contribution in [0, 0.1) is 11.3 Å². The predicted molar refractivity (Wildman–Crippen MR) is 82.2 cm³/mol. The van der Waals surface area contributed by atoms with Gasteiger partial charge in [-0.25, -0.2) is 0 Å². The van der Waals surface area contributed by atoms with E-state index in [-0.39, 0.29) is 4.75 Å². The van der Waals surface area contributed by atoms with Crippen molar-refractivity contribution in [3.63, 3.8) is 0 Å². The van der Waals surface area contributed by atoms with E-state index in [4.69, 9.17) is 0 Å². The fourth-order valence-corrected chi connectivity index (χ4v) is 3.25. The van der Waals surface area contributed by atoms with Crippen LogP contribution < -0.4 is 0 Å². The zero-order valence-electron chi connectivity index (χ0n) is 11.9. The third-order valence-electron chi connectivity index (χ3n) is 4.10. The van der Waals surface area contributed by atoms with E-state index in [2.05, 4.69) is 48.4 Å². The van der Waals surface area contributed by atoms with Gasteiger partial charge in [-0.15, -0.1) is 11.8 Å². The quantitative estimate of drug-likeness (QED) is 0.841. The first-order valence-corrected chi connectivity index (χ1v) is 8.20. The summed E-state index contributed by atoms with van der Waals surface area (Å²) in [6.45, 7) is 5.26. The first kappa shape index (κ1) is 14.4. The van der Waals surface area contributed by atoms with E-state index in [1.165, 1.54) is 11.1 Å². The van der Waals surface area contributed by atoms with Crippen LogP contribution in [0.2, 0.25) is 0 Å². The molecule has 1 fully saturated rings. The lowest BCUT2D eigenvalue weighted by Crippen LogP contribution is -2.41. The number of nitriles is 1. The minimum absolute atomic E-state index is 0.136. The smallest absolute Gasteiger partial charge is 0.104 e. The Morgan fingerprint density at radius 1 is 1.21 bits per heavy atom. The number of piperidine rings is 1. The van der Waals surface area contributed by atoms with Gasteiger partial charge in [-0.3, -0.25) is 4.90 Å². The van der Waals surface area contributed by atoms with Gasteiger partial charge < -0.3 is 0 Å². The summed E-state index contributed by atoms with van der Waals surface area (Å²) in [7, 11) is 0. The summed E-state index contributed by atoms with van der Waals surface area (Å²) < 4.78 is -0.136. The fraction of sp³-hybridized carbons (Fsp3) is 0.562. The molecule has 0 N–H and O–H groups in total. The second kappa shape index (κ2) is 6.45. The molecular weight excluding hydrogens is 252 g/mol. The molecule has 1 heterocycles. The van der Waals surface area contributed by atoms with Crippen LogP contribution in [-0.2, 0) is 13.0 Å². The van der Waals surface area contributed by atoms with Gasteiger partial charge in [0.2, 0.25) is 0 Å². The number of hydrogen-bond acceptors (Lipinski definition) is 3. The number of rotatable bonds is 4. The van der Waals surface area contributed by atoms with Crippen LogP contribution in [-0.4, -0.2) is 29.0 Å². The number of nitrogens with zero attached hydrogens (tertiary/aromatic N) is 2. The molecule has 0 atom stereocenters. The van der Waals surface area contributed by atoms with Crippen molar-refractivity contribution in [2.24, 2.45) is 0 Å². The highest BCUT2D eigenvalue weighted by Gasteiger charge is 2.33. The summed E-state index contributed by atoms with van der Waals surface area (Å²) in [4.78, 5) is 2.47. The van der Waals surface area contributed by atoms with Gasteiger partial charge in [0, 0.05) is 19.6 Å². The zero-order chi connectivity index (χ0) is 13.7. The fourth-order valence-electron chi connectivity index (χ4n) is 2.57. The standard InChI is InChI=1S/C16H22N2S/c1-3-14-4-6-15(7-5-14)12-18-10-8-16(13-17,19-2)9-11-18/h4-7H,3,8-12H2,1-2H3. The monoisotopic (exact) mass is 274 g/mol. The predicted octanol–water partition coefficient (Wildman–Crippen LogP) is 3.47. The molecule has 0 bridgehead atoms. The summed E-state index contributed by atoms with van der Waals surface area (Å²) in [6.07, 6.45) is 5.13. The largest absolute Gasteiger partial charge is 0.299 e. The second-order valence-electron chi connectivity index (χ2n) is 5.26. The van der Waals surface area contributed by atoms with Crippen LogP contribution >= 0.6 is 11.8 Å². The number of likely N-dealkylation sites (tertiary alicyclic amines) is 1. The molecule has 0 aliphatic carbocycles. The van der Waals surface area contributed by atoms with Crippen LogP contribution in [0.5, 0.6) is 0 Å². The molecule has 1 aromatic carbocycles. The summed E-state index contributed by atoms with van der Waals surface area (Å²) >= 11 is 1.72. The van der Waals surface area contributed by atoms with Crippen molar-refractivity contribution < 1.29 is 0 Å². The van der Waals surface area contributed by atoms with E-state index in [0.29, 0.717) is 0 Å². The van der Waals surface area contributed by atoms with E-state index < -0.39 is 0 Å². The third kappa shape index (κ3) is 3.52. The van der Waals surface area contributed by atoms with Crippen LogP contribution in [0.4, 0.5) is 0 Å². The topological polar surface area (TPSA) is 27.0 Å². The zero-order valence-corrected chi connectivity index (χ0v) is 12.7. The van der Waals surface area contributed by atoms with Crippen molar-refractivity contribution in [2.75, 3.05) is 19.3 Å². The molecule has 0 radical (unpaired) electrons. The lowest BCUT2D eigenvalue weighted by atomic mass is 9.97. The van der Waals surface area contributed by atoms with Gasteiger partial charge in [0.1, 0.15) is 4.75 Å². The Morgan fingerprint density at radius 2 is 1.79 bits per heavy atom. The van der Waals surface area contributed by atoms with E-state index in [1.807, 2.05) is 0 Å². The second-order valence-corrected chi connectivity index (χ2v) is 6.45. The Labute approximate surface area is 120 Å². The van der Waals surface area contributed by atoms with Gasteiger partial charge in [-0.05, 0) is 36.6 Å². The summed E-state index contributed by atoms with van der Waals surface area (Å²) in [5, 5.41) is 9.29. The van der Waals surface area contributed by atoms with Gasteiger partial charge >= 0.3 is 0 Å². The number of aryl methyl sites for hydroxylation is 1. The van der Waals surface area contributed by atoms with Crippen molar-refractivity contribution in [2.45, 2.75) is 37.5 Å². The Kier molecular flexibility index (Phi) is 4.90. The van der Waals surface area contributed by atoms with E-state index in [1.54, 1.807) is 11.8 Å². The maximum atomic E-state index is 9.29. The molecule has 1 aliphatic rings. The third-order valence-corrected chi connectivity index (χ3v) is 5.38. The van der Waals surface area contributed by atoms with Crippen molar-refractivity contribution in [1.82, 2.24) is 4.90 Å². The SMILES string of the molecule is CCc1ccc(CN2CCC(C#N)(SC)CC2)cc1. The Bertz CT molecular complexity index is 439. The maximum absolute atomic E-state index is 9.29. The van der Waals surface area contributed by atoms with Gasteiger partial charge in [0.25, 0.3) is 0 Å². The van der Waals surface area contributed by atoms with Crippen LogP contribution in [0.3, 0.4) is 0 Å². The number of benzene rings is 1. The molecule has 3 heteroatoms. The highest BCUT2D eigenvalue weighted by Crippen LogP contribution is 2.34. The van der Waals surface area contributed by atoms with Gasteiger partial charge in [-0.1, -0.05) is 31.2 Å². The molecular formula is C16H22N2S. The number of hydrogen-bond donors (Lipinski definition) is 0. The maximum Gasteiger partial charge on any atom is 0.104 e. The Hall–Kier alpha value is -0.980. The highest BCUT2D eigenvalue weighted by atomic mass is 32.2. The van der Waals surface area contributed by atoms with E-state index >= 15 is 0 Å². The van der Waals surface area contributed by atoms with E-state index in [9.17, 15) is 5.26 Å². The molecule has 0 spiro atoms. The first-order chi connectivity index (χ1) is 9.21. The molecule has 2 nitrogen and oxygen atoms in total. The minimum atomic E-state index is -0.136. The molecule has 1 aliphatic heterocycles. The van der Waals surface area contributed by atoms with E-state index in [0.717, 1.165) is 38.9 Å². The highest BCUT2D eigenvalue weighted by molar-refractivity contribution is 8.00. The minimum Gasteiger partial charge on any atom is -0.299 e. The molecule has 1 aromatic rings. The van der Waals surface area contributed by atoms with Crippen molar-refractivity contribution in [3.05, 3.63) is 35.4 Å². The molecule has 1 saturated heterocycles. The summed E-state index contributed by atoms with van der Waals surface area (Å²) in [5.41, 5.74) is 2.78. The molecule has 0 aromatic heterocycles. The molecule has 0 amide bonds. The summed E-state index contributed by atoms with van der Waals surface area (Å²) in [6, 6.07) is 11.4. The van der Waals surface area contributed by atoms with Crippen LogP contribution in [0.25, 0.3) is 0 Å². The molecule has 2 rings (SSSR count). The van der Waals surface area contributed by atoms with Crippen molar-refractivity contribution in [3.8, 4) is 6.07 Å². The van der Waals surface area contributed by atoms with Crippen LogP contribution in [0.15, 0.2) is 24.3 Å².